The van der Waals surface area contributed by atoms with Gasteiger partial charge in [-0.15, -0.1) is 0 Å². The second-order valence-electron chi connectivity index (χ2n) is 4.49. The monoisotopic (exact) mass is 319 g/mol. The van der Waals surface area contributed by atoms with Crippen LogP contribution in [-0.2, 0) is 11.3 Å². The Balaban J connectivity index is 2.19. The summed E-state index contributed by atoms with van der Waals surface area (Å²) < 4.78 is 35.4. The molecule has 22 heavy (non-hydrogen) atoms. The molecule has 8 heteroatoms. The third-order valence-electron chi connectivity index (χ3n) is 3.11. The molecule has 1 aromatic carbocycles. The van der Waals surface area contributed by atoms with Gasteiger partial charge in [0, 0.05) is 17.6 Å². The average molecular weight is 319 g/mol. The molecule has 1 unspecified atom stereocenters. The number of hydrogen-bond acceptors (Lipinski definition) is 3. The fraction of sp³-hybridized carbons (Fsp3) is 0. The van der Waals surface area contributed by atoms with Crippen LogP contribution in [-0.4, -0.2) is 18.7 Å². The van der Waals surface area contributed by atoms with Crippen LogP contribution in [0.2, 0.25) is 0 Å². The summed E-state index contributed by atoms with van der Waals surface area (Å²) in [6.45, 7) is 0. The number of hydrogen-bond donors (Lipinski definition) is 3. The Hall–Kier alpha value is -2.58. The molecule has 112 valence electrons. The number of anilines is 1. The molecule has 2 heterocycles. The van der Waals surface area contributed by atoms with Gasteiger partial charge in [0.05, 0.1) is 5.69 Å². The van der Waals surface area contributed by atoms with E-state index in [9.17, 15) is 13.4 Å². The van der Waals surface area contributed by atoms with Crippen LogP contribution in [0.4, 0.5) is 10.1 Å². The van der Waals surface area contributed by atoms with Crippen molar-refractivity contribution in [2.24, 2.45) is 0 Å². The Kier molecular flexibility index (Phi) is 3.70. The molecular formula is C14H10FN3O3S. The molecule has 0 aliphatic rings. The number of pyridine rings is 2. The quantitative estimate of drug-likeness (QED) is 0.645. The largest absolute Gasteiger partial charge is 0.307 e. The molecule has 3 N–H and O–H groups in total. The van der Waals surface area contributed by atoms with Crippen molar-refractivity contribution in [1.82, 2.24) is 9.97 Å². The van der Waals surface area contributed by atoms with Crippen molar-refractivity contribution in [3.05, 3.63) is 58.8 Å². The van der Waals surface area contributed by atoms with Crippen LogP contribution in [0.25, 0.3) is 22.2 Å². The van der Waals surface area contributed by atoms with Crippen LogP contribution in [0, 0.1) is 5.82 Å². The molecule has 0 bridgehead atoms. The zero-order chi connectivity index (χ0) is 15.7. The lowest BCUT2D eigenvalue weighted by Gasteiger charge is -2.09. The van der Waals surface area contributed by atoms with Gasteiger partial charge in [0.1, 0.15) is 11.5 Å². The van der Waals surface area contributed by atoms with Crippen LogP contribution in [0.1, 0.15) is 0 Å². The van der Waals surface area contributed by atoms with Gasteiger partial charge in [-0.3, -0.25) is 14.1 Å². The molecule has 3 aromatic rings. The van der Waals surface area contributed by atoms with Gasteiger partial charge in [0.25, 0.3) is 11.3 Å². The summed E-state index contributed by atoms with van der Waals surface area (Å²) in [7, 11) is 0. The number of halogens is 1. The van der Waals surface area contributed by atoms with Crippen molar-refractivity contribution in [3.63, 3.8) is 0 Å². The van der Waals surface area contributed by atoms with Crippen LogP contribution in [0.3, 0.4) is 0 Å². The molecule has 6 nitrogen and oxygen atoms in total. The molecule has 0 fully saturated rings. The lowest BCUT2D eigenvalue weighted by atomic mass is 10.0. The normalized spacial score (nSPS) is 12.3. The van der Waals surface area contributed by atoms with Gasteiger partial charge >= 0.3 is 0 Å². The number of H-pyrrole nitrogens is 1. The predicted octanol–water partition coefficient (Wildman–Crippen LogP) is 2.28. The molecule has 0 aliphatic carbocycles. The van der Waals surface area contributed by atoms with Crippen LogP contribution >= 0.6 is 0 Å². The van der Waals surface area contributed by atoms with Gasteiger partial charge in [0.15, 0.2) is 0 Å². The second kappa shape index (κ2) is 5.66. The lowest BCUT2D eigenvalue weighted by molar-refractivity contribution is 0.568. The van der Waals surface area contributed by atoms with Crippen LogP contribution in [0.5, 0.6) is 0 Å². The summed E-state index contributed by atoms with van der Waals surface area (Å²) >= 11 is -2.37. The van der Waals surface area contributed by atoms with E-state index < -0.39 is 17.1 Å². The number of aromatic nitrogens is 2. The number of rotatable bonds is 3. The summed E-state index contributed by atoms with van der Waals surface area (Å²) in [6, 6.07) is 8.87. The first-order chi connectivity index (χ1) is 10.5. The minimum atomic E-state index is -2.37. The van der Waals surface area contributed by atoms with Gasteiger partial charge in [-0.05, 0) is 35.4 Å². The van der Waals surface area contributed by atoms with Gasteiger partial charge < -0.3 is 4.98 Å². The molecule has 0 spiro atoms. The Morgan fingerprint density at radius 3 is 2.82 bits per heavy atom. The fourth-order valence-electron chi connectivity index (χ4n) is 2.18. The van der Waals surface area contributed by atoms with Crippen molar-refractivity contribution < 1.29 is 13.2 Å². The van der Waals surface area contributed by atoms with E-state index in [1.165, 1.54) is 24.4 Å². The molecule has 1 atom stereocenters. The predicted molar refractivity (Wildman–Crippen MR) is 82.2 cm³/mol. The van der Waals surface area contributed by atoms with E-state index in [-0.39, 0.29) is 11.2 Å². The van der Waals surface area contributed by atoms with E-state index in [0.29, 0.717) is 22.2 Å². The van der Waals surface area contributed by atoms with E-state index in [1.54, 1.807) is 18.2 Å². The summed E-state index contributed by atoms with van der Waals surface area (Å²) in [5, 5.41) is 0.685. The second-order valence-corrected chi connectivity index (χ2v) is 5.19. The van der Waals surface area contributed by atoms with Gasteiger partial charge in [-0.2, -0.15) is 0 Å². The Morgan fingerprint density at radius 2 is 2.05 bits per heavy atom. The SMILES string of the molecule is O=c1ccc2c(-c3ccc(F)c(NS(=O)O)c3)ccnc2[nH]1. The third kappa shape index (κ3) is 2.74. The first-order valence-electron chi connectivity index (χ1n) is 6.20. The van der Waals surface area contributed by atoms with E-state index in [2.05, 4.69) is 14.7 Å². The summed E-state index contributed by atoms with van der Waals surface area (Å²) in [4.78, 5) is 18.0. The number of nitrogens with zero attached hydrogens (tertiary/aromatic N) is 1. The maximum Gasteiger partial charge on any atom is 0.259 e. The van der Waals surface area contributed by atoms with E-state index in [1.807, 2.05) is 0 Å². The lowest BCUT2D eigenvalue weighted by Crippen LogP contribution is -2.05. The number of aromatic amines is 1. The zero-order valence-corrected chi connectivity index (χ0v) is 11.9. The van der Waals surface area contributed by atoms with Crippen LogP contribution < -0.4 is 10.3 Å². The molecule has 0 saturated carbocycles. The topological polar surface area (TPSA) is 95.1 Å². The van der Waals surface area contributed by atoms with Crippen molar-refractivity contribution in [1.29, 1.82) is 0 Å². The van der Waals surface area contributed by atoms with E-state index >= 15 is 0 Å². The molecule has 0 amide bonds. The van der Waals surface area contributed by atoms with E-state index in [0.717, 1.165) is 0 Å². The molecular weight excluding hydrogens is 309 g/mol. The standard InChI is InChI=1S/C14H10FN3O3S/c15-11-3-1-8(7-12(11)18-22(20)21)9-5-6-16-14-10(9)2-4-13(19)17-14/h1-7,18H,(H,20,21)(H,16,17,19). The average Bonchev–Trinajstić information content (AvgIpc) is 2.48. The van der Waals surface area contributed by atoms with Crippen molar-refractivity contribution in [3.8, 4) is 11.1 Å². The van der Waals surface area contributed by atoms with E-state index in [4.69, 9.17) is 4.55 Å². The Labute approximate surface area is 126 Å². The molecule has 2 aromatic heterocycles. The van der Waals surface area contributed by atoms with Crippen LogP contribution in [0.15, 0.2) is 47.4 Å². The maximum absolute atomic E-state index is 13.6. The first kappa shape index (κ1) is 14.4. The smallest absolute Gasteiger partial charge is 0.259 e. The summed E-state index contributed by atoms with van der Waals surface area (Å²) in [5.74, 6) is -0.641. The fourth-order valence-corrected chi connectivity index (χ4v) is 2.52. The Morgan fingerprint density at radius 1 is 1.23 bits per heavy atom. The zero-order valence-electron chi connectivity index (χ0n) is 11.0. The highest BCUT2D eigenvalue weighted by Gasteiger charge is 2.10. The molecule has 0 saturated heterocycles. The minimum absolute atomic E-state index is 0.0901. The highest BCUT2D eigenvalue weighted by atomic mass is 32.2. The van der Waals surface area contributed by atoms with Gasteiger partial charge in [-0.25, -0.2) is 13.6 Å². The number of benzene rings is 1. The van der Waals surface area contributed by atoms with Crippen molar-refractivity contribution >= 4 is 28.0 Å². The van der Waals surface area contributed by atoms with Crippen molar-refractivity contribution in [2.75, 3.05) is 4.72 Å². The molecule has 0 aliphatic heterocycles. The molecule has 3 rings (SSSR count). The highest BCUT2D eigenvalue weighted by molar-refractivity contribution is 7.80. The highest BCUT2D eigenvalue weighted by Crippen LogP contribution is 2.29. The first-order valence-corrected chi connectivity index (χ1v) is 7.31. The number of fused-ring (bicyclic) bond motifs is 1. The third-order valence-corrected chi connectivity index (χ3v) is 3.50. The number of nitrogens with one attached hydrogen (secondary N) is 2. The maximum atomic E-state index is 13.6. The summed E-state index contributed by atoms with van der Waals surface area (Å²) in [6.07, 6.45) is 1.52. The van der Waals surface area contributed by atoms with Gasteiger partial charge in [0.2, 0.25) is 5.56 Å². The van der Waals surface area contributed by atoms with Gasteiger partial charge in [-0.1, -0.05) is 6.07 Å². The molecule has 0 radical (unpaired) electrons. The Bertz CT molecular complexity index is 942. The minimum Gasteiger partial charge on any atom is -0.307 e. The van der Waals surface area contributed by atoms with Crippen molar-refractivity contribution in [2.45, 2.75) is 0 Å². The summed E-state index contributed by atoms with van der Waals surface area (Å²) in [5.41, 5.74) is 1.39.